The van der Waals surface area contributed by atoms with Crippen LogP contribution >= 0.6 is 0 Å². The fourth-order valence-corrected chi connectivity index (χ4v) is 2.05. The largest absolute Gasteiger partial charge is 0.484 e. The highest BCUT2D eigenvalue weighted by Crippen LogP contribution is 2.16. The number of nitrogens with zero attached hydrogens (tertiary/aromatic N) is 1. The third-order valence-corrected chi connectivity index (χ3v) is 3.42. The van der Waals surface area contributed by atoms with Gasteiger partial charge in [0.15, 0.2) is 6.61 Å². The van der Waals surface area contributed by atoms with Crippen molar-refractivity contribution in [3.8, 4) is 5.75 Å². The Kier molecular flexibility index (Phi) is 6.61. The second-order valence-electron chi connectivity index (χ2n) is 6.74. The zero-order valence-electron chi connectivity index (χ0n) is 15.0. The lowest BCUT2D eigenvalue weighted by atomic mass is 10.1. The Labute approximate surface area is 139 Å². The minimum absolute atomic E-state index is 0.0445. The molecule has 1 rings (SSSR count). The molecule has 1 aromatic carbocycles. The van der Waals surface area contributed by atoms with E-state index in [4.69, 9.17) is 4.74 Å². The molecule has 0 bridgehead atoms. The van der Waals surface area contributed by atoms with Crippen molar-refractivity contribution < 1.29 is 14.3 Å². The van der Waals surface area contributed by atoms with E-state index in [0.717, 1.165) is 5.56 Å². The van der Waals surface area contributed by atoms with Crippen LogP contribution in [0.1, 0.15) is 38.8 Å². The maximum atomic E-state index is 12.2. The fraction of sp³-hybridized carbons (Fsp3) is 0.556. The fourth-order valence-electron chi connectivity index (χ4n) is 2.05. The molecule has 0 fully saturated rings. The standard InChI is InChI=1S/C18H28N2O3/c1-7-20(11-16(21)19-18(4,5)6)17(22)12-23-15-9-8-13(2)14(3)10-15/h8-10H,7,11-12H2,1-6H3,(H,19,21). The summed E-state index contributed by atoms with van der Waals surface area (Å²) in [5.41, 5.74) is 1.99. The molecule has 0 aliphatic heterocycles. The molecule has 0 aromatic heterocycles. The van der Waals surface area contributed by atoms with Crippen LogP contribution in [0, 0.1) is 13.8 Å². The first-order valence-corrected chi connectivity index (χ1v) is 7.91. The lowest BCUT2D eigenvalue weighted by molar-refractivity contribution is -0.137. The number of ether oxygens (including phenoxy) is 1. The van der Waals surface area contributed by atoms with E-state index in [1.807, 2.05) is 59.7 Å². The molecule has 5 nitrogen and oxygen atoms in total. The van der Waals surface area contributed by atoms with Gasteiger partial charge < -0.3 is 15.0 Å². The third-order valence-electron chi connectivity index (χ3n) is 3.42. The number of amides is 2. The number of likely N-dealkylation sites (N-methyl/N-ethyl adjacent to an activating group) is 1. The summed E-state index contributed by atoms with van der Waals surface area (Å²) < 4.78 is 5.55. The molecule has 0 atom stereocenters. The summed E-state index contributed by atoms with van der Waals surface area (Å²) in [6.07, 6.45) is 0. The molecule has 2 amide bonds. The van der Waals surface area contributed by atoms with Gasteiger partial charge in [0.1, 0.15) is 5.75 Å². The molecule has 128 valence electrons. The average Bonchev–Trinajstić information content (AvgIpc) is 2.43. The van der Waals surface area contributed by atoms with E-state index in [9.17, 15) is 9.59 Å². The molecule has 0 heterocycles. The first-order chi connectivity index (χ1) is 10.6. The van der Waals surface area contributed by atoms with Gasteiger partial charge in [0, 0.05) is 12.1 Å². The summed E-state index contributed by atoms with van der Waals surface area (Å²) in [4.78, 5) is 25.7. The number of rotatable bonds is 6. The molecule has 0 saturated heterocycles. The molecule has 1 N–H and O–H groups in total. The van der Waals surface area contributed by atoms with Crippen molar-refractivity contribution >= 4 is 11.8 Å². The highest BCUT2D eigenvalue weighted by atomic mass is 16.5. The van der Waals surface area contributed by atoms with E-state index < -0.39 is 0 Å². The maximum absolute atomic E-state index is 12.2. The predicted molar refractivity (Wildman–Crippen MR) is 91.6 cm³/mol. The smallest absolute Gasteiger partial charge is 0.260 e. The van der Waals surface area contributed by atoms with E-state index in [0.29, 0.717) is 12.3 Å². The van der Waals surface area contributed by atoms with Gasteiger partial charge in [-0.05, 0) is 64.8 Å². The van der Waals surface area contributed by atoms with E-state index in [1.54, 1.807) is 0 Å². The highest BCUT2D eigenvalue weighted by molar-refractivity contribution is 5.85. The molecule has 0 spiro atoms. The van der Waals surface area contributed by atoms with Gasteiger partial charge in [-0.25, -0.2) is 0 Å². The Morgan fingerprint density at radius 3 is 2.35 bits per heavy atom. The van der Waals surface area contributed by atoms with Gasteiger partial charge in [-0.15, -0.1) is 0 Å². The maximum Gasteiger partial charge on any atom is 0.260 e. The minimum atomic E-state index is -0.310. The van der Waals surface area contributed by atoms with Crippen molar-refractivity contribution in [2.45, 2.75) is 47.1 Å². The van der Waals surface area contributed by atoms with Crippen LogP contribution in [-0.4, -0.2) is 41.9 Å². The molecule has 0 saturated carbocycles. The summed E-state index contributed by atoms with van der Waals surface area (Å²) in [6.45, 7) is 12.0. The van der Waals surface area contributed by atoms with Gasteiger partial charge in [0.05, 0.1) is 6.54 Å². The van der Waals surface area contributed by atoms with Crippen LogP contribution in [0.15, 0.2) is 18.2 Å². The van der Waals surface area contributed by atoms with E-state index in [2.05, 4.69) is 5.32 Å². The summed E-state index contributed by atoms with van der Waals surface area (Å²) in [6, 6.07) is 5.72. The van der Waals surface area contributed by atoms with Gasteiger partial charge in [-0.2, -0.15) is 0 Å². The number of carbonyl (C=O) groups is 2. The number of hydrogen-bond donors (Lipinski definition) is 1. The van der Waals surface area contributed by atoms with Gasteiger partial charge in [-0.1, -0.05) is 6.07 Å². The van der Waals surface area contributed by atoms with Crippen molar-refractivity contribution in [3.63, 3.8) is 0 Å². The van der Waals surface area contributed by atoms with Crippen LogP contribution < -0.4 is 10.1 Å². The van der Waals surface area contributed by atoms with Crippen molar-refractivity contribution in [1.82, 2.24) is 10.2 Å². The molecule has 5 heteroatoms. The Bertz CT molecular complexity index is 562. The zero-order chi connectivity index (χ0) is 17.6. The van der Waals surface area contributed by atoms with Crippen LogP contribution in [0.5, 0.6) is 5.75 Å². The zero-order valence-corrected chi connectivity index (χ0v) is 15.0. The topological polar surface area (TPSA) is 58.6 Å². The second-order valence-corrected chi connectivity index (χ2v) is 6.74. The lowest BCUT2D eigenvalue weighted by Crippen LogP contribution is -2.48. The van der Waals surface area contributed by atoms with Crippen LogP contribution in [0.25, 0.3) is 0 Å². The number of carbonyl (C=O) groups excluding carboxylic acids is 2. The number of aryl methyl sites for hydroxylation is 2. The Balaban J connectivity index is 2.56. The first kappa shape index (κ1) is 19.0. The van der Waals surface area contributed by atoms with Crippen molar-refractivity contribution in [2.75, 3.05) is 19.7 Å². The Morgan fingerprint density at radius 2 is 1.83 bits per heavy atom. The van der Waals surface area contributed by atoms with E-state index in [-0.39, 0.29) is 30.5 Å². The van der Waals surface area contributed by atoms with E-state index in [1.165, 1.54) is 10.5 Å². The summed E-state index contributed by atoms with van der Waals surface area (Å²) in [5.74, 6) is 0.297. The number of benzene rings is 1. The molecule has 0 aliphatic carbocycles. The Hall–Kier alpha value is -2.04. The monoisotopic (exact) mass is 320 g/mol. The average molecular weight is 320 g/mol. The number of hydrogen-bond acceptors (Lipinski definition) is 3. The first-order valence-electron chi connectivity index (χ1n) is 7.91. The minimum Gasteiger partial charge on any atom is -0.484 e. The van der Waals surface area contributed by atoms with E-state index >= 15 is 0 Å². The summed E-state index contributed by atoms with van der Waals surface area (Å²) in [7, 11) is 0. The van der Waals surface area contributed by atoms with Crippen LogP contribution in [0.3, 0.4) is 0 Å². The quantitative estimate of drug-likeness (QED) is 0.876. The third kappa shape index (κ3) is 6.72. The predicted octanol–water partition coefficient (Wildman–Crippen LogP) is 2.45. The molecule has 0 aliphatic rings. The van der Waals surface area contributed by atoms with Crippen molar-refractivity contribution in [1.29, 1.82) is 0 Å². The van der Waals surface area contributed by atoms with Crippen molar-refractivity contribution in [2.24, 2.45) is 0 Å². The van der Waals surface area contributed by atoms with Crippen LogP contribution in [0.2, 0.25) is 0 Å². The highest BCUT2D eigenvalue weighted by Gasteiger charge is 2.19. The second kappa shape index (κ2) is 7.99. The molecule has 23 heavy (non-hydrogen) atoms. The molecule has 0 radical (unpaired) electrons. The molecule has 1 aromatic rings. The van der Waals surface area contributed by atoms with Gasteiger partial charge in [0.2, 0.25) is 5.91 Å². The Morgan fingerprint density at radius 1 is 1.17 bits per heavy atom. The lowest BCUT2D eigenvalue weighted by Gasteiger charge is -2.25. The number of nitrogens with one attached hydrogen (secondary N) is 1. The van der Waals surface area contributed by atoms with Gasteiger partial charge >= 0.3 is 0 Å². The SMILES string of the molecule is CCN(CC(=O)NC(C)(C)C)C(=O)COc1ccc(C)c(C)c1. The van der Waals surface area contributed by atoms with Crippen LogP contribution in [-0.2, 0) is 9.59 Å². The molecular weight excluding hydrogens is 292 g/mol. The van der Waals surface area contributed by atoms with Gasteiger partial charge in [0.25, 0.3) is 5.91 Å². The molecule has 0 unspecified atom stereocenters. The van der Waals surface area contributed by atoms with Gasteiger partial charge in [-0.3, -0.25) is 9.59 Å². The molecular formula is C18H28N2O3. The summed E-state index contributed by atoms with van der Waals surface area (Å²) >= 11 is 0. The van der Waals surface area contributed by atoms with Crippen LogP contribution in [0.4, 0.5) is 0 Å². The summed E-state index contributed by atoms with van der Waals surface area (Å²) in [5, 5.41) is 2.85. The van der Waals surface area contributed by atoms with Crippen molar-refractivity contribution in [3.05, 3.63) is 29.3 Å². The normalized spacial score (nSPS) is 11.0.